The molecule has 1 heterocycles. The van der Waals surface area contributed by atoms with Crippen molar-refractivity contribution < 1.29 is 9.90 Å². The number of carbonyl (C=O) groups is 1. The molecule has 0 bridgehead atoms. The molecule has 0 aromatic rings. The second-order valence-corrected chi connectivity index (χ2v) is 5.87. The zero-order chi connectivity index (χ0) is 12.7. The minimum Gasteiger partial charge on any atom is -0.387 e. The van der Waals surface area contributed by atoms with Gasteiger partial charge in [-0.2, -0.15) is 11.8 Å². The van der Waals surface area contributed by atoms with E-state index < -0.39 is 5.60 Å². The maximum Gasteiger partial charge on any atom is 0.221 e. The average Bonchev–Trinajstić information content (AvgIpc) is 2.76. The molecule has 1 atom stereocenters. The SMILES string of the molecule is CSCC(C)(O)CNC(=O)CCN1CCCC1. The predicted octanol–water partition coefficient (Wildman–Crippen LogP) is 0.702. The maximum atomic E-state index is 11.6. The van der Waals surface area contributed by atoms with Gasteiger partial charge in [0.25, 0.3) is 0 Å². The summed E-state index contributed by atoms with van der Waals surface area (Å²) in [5.74, 6) is 0.678. The summed E-state index contributed by atoms with van der Waals surface area (Å²) in [5, 5.41) is 12.7. The summed E-state index contributed by atoms with van der Waals surface area (Å²) < 4.78 is 0. The molecule has 1 aliphatic rings. The summed E-state index contributed by atoms with van der Waals surface area (Å²) >= 11 is 1.58. The Bertz CT molecular complexity index is 241. The summed E-state index contributed by atoms with van der Waals surface area (Å²) in [4.78, 5) is 13.9. The van der Waals surface area contributed by atoms with Crippen LogP contribution in [0.4, 0.5) is 0 Å². The van der Waals surface area contributed by atoms with E-state index in [4.69, 9.17) is 0 Å². The van der Waals surface area contributed by atoms with Crippen molar-refractivity contribution in [2.24, 2.45) is 0 Å². The third-order valence-electron chi connectivity index (χ3n) is 2.98. The molecule has 4 nitrogen and oxygen atoms in total. The van der Waals surface area contributed by atoms with Crippen molar-refractivity contribution in [3.8, 4) is 0 Å². The van der Waals surface area contributed by atoms with Crippen LogP contribution in [0.3, 0.4) is 0 Å². The minimum atomic E-state index is -0.803. The number of hydrogen-bond donors (Lipinski definition) is 2. The van der Waals surface area contributed by atoms with Gasteiger partial charge in [0.1, 0.15) is 0 Å². The monoisotopic (exact) mass is 260 g/mol. The van der Waals surface area contributed by atoms with E-state index in [2.05, 4.69) is 10.2 Å². The van der Waals surface area contributed by atoms with E-state index in [0.717, 1.165) is 19.6 Å². The second-order valence-electron chi connectivity index (χ2n) is 5.01. The van der Waals surface area contributed by atoms with Gasteiger partial charge in [0, 0.05) is 25.3 Å². The molecule has 0 radical (unpaired) electrons. The Labute approximate surface area is 108 Å². The third-order valence-corrected chi connectivity index (χ3v) is 3.89. The predicted molar refractivity (Wildman–Crippen MR) is 72.3 cm³/mol. The van der Waals surface area contributed by atoms with Gasteiger partial charge in [-0.3, -0.25) is 4.79 Å². The topological polar surface area (TPSA) is 52.6 Å². The standard InChI is InChI=1S/C12H24N2O2S/c1-12(16,10-17-2)9-13-11(15)5-8-14-6-3-4-7-14/h16H,3-10H2,1-2H3,(H,13,15). The van der Waals surface area contributed by atoms with Crippen LogP contribution in [0.5, 0.6) is 0 Å². The highest BCUT2D eigenvalue weighted by atomic mass is 32.2. The molecule has 1 fully saturated rings. The summed E-state index contributed by atoms with van der Waals surface area (Å²) in [5.41, 5.74) is -0.803. The Hall–Kier alpha value is -0.260. The fourth-order valence-electron chi connectivity index (χ4n) is 2.01. The lowest BCUT2D eigenvalue weighted by atomic mass is 10.1. The summed E-state index contributed by atoms with van der Waals surface area (Å²) in [7, 11) is 0. The normalized spacial score (nSPS) is 20.2. The first-order valence-electron chi connectivity index (χ1n) is 6.24. The number of nitrogens with one attached hydrogen (secondary N) is 1. The van der Waals surface area contributed by atoms with E-state index in [1.165, 1.54) is 12.8 Å². The van der Waals surface area contributed by atoms with Gasteiger partial charge in [-0.05, 0) is 39.1 Å². The molecule has 0 aromatic heterocycles. The van der Waals surface area contributed by atoms with Gasteiger partial charge in [-0.1, -0.05) is 0 Å². The number of thioether (sulfide) groups is 1. The molecule has 1 aliphatic heterocycles. The quantitative estimate of drug-likeness (QED) is 0.707. The average molecular weight is 260 g/mol. The van der Waals surface area contributed by atoms with E-state index in [1.54, 1.807) is 18.7 Å². The fourth-order valence-corrected chi connectivity index (χ4v) is 2.73. The van der Waals surface area contributed by atoms with Gasteiger partial charge in [-0.25, -0.2) is 0 Å². The molecule has 0 spiro atoms. The zero-order valence-electron chi connectivity index (χ0n) is 10.9. The van der Waals surface area contributed by atoms with Crippen molar-refractivity contribution >= 4 is 17.7 Å². The van der Waals surface area contributed by atoms with E-state index in [1.807, 2.05) is 6.26 Å². The van der Waals surface area contributed by atoms with Crippen LogP contribution in [-0.4, -0.2) is 59.7 Å². The van der Waals surface area contributed by atoms with Crippen molar-refractivity contribution in [3.05, 3.63) is 0 Å². The lowest BCUT2D eigenvalue weighted by Gasteiger charge is -2.22. The lowest BCUT2D eigenvalue weighted by Crippen LogP contribution is -2.43. The minimum absolute atomic E-state index is 0.0401. The summed E-state index contributed by atoms with van der Waals surface area (Å²) in [6.45, 7) is 5.18. The van der Waals surface area contributed by atoms with E-state index in [-0.39, 0.29) is 5.91 Å². The Kier molecular flexibility index (Phi) is 6.30. The largest absolute Gasteiger partial charge is 0.387 e. The van der Waals surface area contributed by atoms with Gasteiger partial charge in [0.2, 0.25) is 5.91 Å². The number of amides is 1. The smallest absolute Gasteiger partial charge is 0.221 e. The van der Waals surface area contributed by atoms with Crippen LogP contribution in [0.1, 0.15) is 26.2 Å². The number of carbonyl (C=O) groups excluding carboxylic acids is 1. The Morgan fingerprint density at radius 2 is 2.12 bits per heavy atom. The van der Waals surface area contributed by atoms with Gasteiger partial charge in [-0.15, -0.1) is 0 Å². The van der Waals surface area contributed by atoms with Crippen molar-refractivity contribution in [2.45, 2.75) is 31.8 Å². The van der Waals surface area contributed by atoms with E-state index in [0.29, 0.717) is 18.7 Å². The number of rotatable bonds is 7. The molecule has 17 heavy (non-hydrogen) atoms. The molecule has 1 amide bonds. The van der Waals surface area contributed by atoms with Gasteiger partial charge < -0.3 is 15.3 Å². The third kappa shape index (κ3) is 6.29. The molecule has 1 saturated heterocycles. The van der Waals surface area contributed by atoms with Crippen LogP contribution in [0.15, 0.2) is 0 Å². The molecule has 1 rings (SSSR count). The molecule has 5 heteroatoms. The molecular formula is C12H24N2O2S. The van der Waals surface area contributed by atoms with Gasteiger partial charge in [0.05, 0.1) is 5.60 Å². The number of hydrogen-bond acceptors (Lipinski definition) is 4. The highest BCUT2D eigenvalue weighted by Gasteiger charge is 2.20. The zero-order valence-corrected chi connectivity index (χ0v) is 11.7. The maximum absolute atomic E-state index is 11.6. The Morgan fingerprint density at radius 3 is 2.71 bits per heavy atom. The van der Waals surface area contributed by atoms with E-state index in [9.17, 15) is 9.90 Å². The van der Waals surface area contributed by atoms with Crippen LogP contribution in [0.25, 0.3) is 0 Å². The van der Waals surface area contributed by atoms with Crippen molar-refractivity contribution in [3.63, 3.8) is 0 Å². The Balaban J connectivity index is 2.11. The van der Waals surface area contributed by atoms with Gasteiger partial charge >= 0.3 is 0 Å². The second kappa shape index (κ2) is 7.24. The van der Waals surface area contributed by atoms with Crippen LogP contribution in [0.2, 0.25) is 0 Å². The fraction of sp³-hybridized carbons (Fsp3) is 0.917. The molecule has 2 N–H and O–H groups in total. The van der Waals surface area contributed by atoms with Crippen molar-refractivity contribution in [1.82, 2.24) is 10.2 Å². The molecule has 100 valence electrons. The van der Waals surface area contributed by atoms with Crippen LogP contribution < -0.4 is 5.32 Å². The highest BCUT2D eigenvalue weighted by Crippen LogP contribution is 2.09. The van der Waals surface area contributed by atoms with Crippen LogP contribution in [-0.2, 0) is 4.79 Å². The highest BCUT2D eigenvalue weighted by molar-refractivity contribution is 7.98. The molecular weight excluding hydrogens is 236 g/mol. The summed E-state index contributed by atoms with van der Waals surface area (Å²) in [6.07, 6.45) is 4.99. The first kappa shape index (κ1) is 14.8. The number of aliphatic hydroxyl groups is 1. The molecule has 0 saturated carbocycles. The van der Waals surface area contributed by atoms with Gasteiger partial charge in [0.15, 0.2) is 0 Å². The van der Waals surface area contributed by atoms with E-state index >= 15 is 0 Å². The first-order valence-corrected chi connectivity index (χ1v) is 7.63. The number of nitrogens with zero attached hydrogens (tertiary/aromatic N) is 1. The number of likely N-dealkylation sites (tertiary alicyclic amines) is 1. The molecule has 0 aliphatic carbocycles. The van der Waals surface area contributed by atoms with Crippen molar-refractivity contribution in [2.75, 3.05) is 38.2 Å². The van der Waals surface area contributed by atoms with Crippen molar-refractivity contribution in [1.29, 1.82) is 0 Å². The summed E-state index contributed by atoms with van der Waals surface area (Å²) in [6, 6.07) is 0. The Morgan fingerprint density at radius 1 is 1.47 bits per heavy atom. The van der Waals surface area contributed by atoms with Crippen LogP contribution >= 0.6 is 11.8 Å². The first-order chi connectivity index (χ1) is 8.03. The molecule has 1 unspecified atom stereocenters. The lowest BCUT2D eigenvalue weighted by molar-refractivity contribution is -0.122. The van der Waals surface area contributed by atoms with Crippen LogP contribution in [0, 0.1) is 0 Å². The molecule has 0 aromatic carbocycles.